The van der Waals surface area contributed by atoms with E-state index in [-0.39, 0.29) is 5.25 Å². The topological polar surface area (TPSA) is 55.4 Å². The van der Waals surface area contributed by atoms with E-state index >= 15 is 0 Å². The lowest BCUT2D eigenvalue weighted by molar-refractivity contribution is 0.133. The van der Waals surface area contributed by atoms with Crippen LogP contribution in [0, 0.1) is 5.92 Å². The summed E-state index contributed by atoms with van der Waals surface area (Å²) in [6.07, 6.45) is 2.19. The van der Waals surface area contributed by atoms with Crippen LogP contribution >= 0.6 is 0 Å². The third kappa shape index (κ3) is 8.07. The summed E-state index contributed by atoms with van der Waals surface area (Å²) in [6, 6.07) is 0. The fourth-order valence-electron chi connectivity index (χ4n) is 1.12. The van der Waals surface area contributed by atoms with Gasteiger partial charge in [-0.25, -0.2) is 13.1 Å². The molecule has 0 aliphatic carbocycles. The third-order valence-corrected chi connectivity index (χ3v) is 4.09. The van der Waals surface area contributed by atoms with E-state index in [2.05, 4.69) is 18.6 Å². The molecule has 0 aromatic heterocycles. The van der Waals surface area contributed by atoms with Crippen molar-refractivity contribution in [2.75, 3.05) is 19.8 Å². The van der Waals surface area contributed by atoms with Crippen molar-refractivity contribution in [3.8, 4) is 0 Å². The SMILES string of the molecule is CC(C)CCCOCCNS(=O)(=O)C(C)C. The smallest absolute Gasteiger partial charge is 0.214 e. The van der Waals surface area contributed by atoms with Crippen molar-refractivity contribution in [3.63, 3.8) is 0 Å². The molecule has 0 saturated heterocycles. The zero-order valence-electron chi connectivity index (χ0n) is 10.8. The Morgan fingerprint density at radius 2 is 1.75 bits per heavy atom. The van der Waals surface area contributed by atoms with Crippen LogP contribution in [0.5, 0.6) is 0 Å². The molecule has 4 nitrogen and oxygen atoms in total. The minimum Gasteiger partial charge on any atom is -0.380 e. The molecular formula is C11H25NO3S. The first kappa shape index (κ1) is 15.9. The van der Waals surface area contributed by atoms with Gasteiger partial charge in [-0.1, -0.05) is 13.8 Å². The number of nitrogens with one attached hydrogen (secondary N) is 1. The van der Waals surface area contributed by atoms with E-state index in [1.54, 1.807) is 13.8 Å². The lowest BCUT2D eigenvalue weighted by Crippen LogP contribution is -2.33. The van der Waals surface area contributed by atoms with Crippen LogP contribution in [0.4, 0.5) is 0 Å². The largest absolute Gasteiger partial charge is 0.380 e. The van der Waals surface area contributed by atoms with Crippen LogP contribution in [0.1, 0.15) is 40.5 Å². The summed E-state index contributed by atoms with van der Waals surface area (Å²) in [4.78, 5) is 0. The molecule has 5 heteroatoms. The molecule has 98 valence electrons. The van der Waals surface area contributed by atoms with Crippen molar-refractivity contribution in [1.82, 2.24) is 4.72 Å². The van der Waals surface area contributed by atoms with E-state index in [0.29, 0.717) is 25.7 Å². The van der Waals surface area contributed by atoms with Crippen molar-refractivity contribution in [2.24, 2.45) is 5.92 Å². The molecule has 0 rings (SSSR count). The van der Waals surface area contributed by atoms with Gasteiger partial charge in [-0.15, -0.1) is 0 Å². The Morgan fingerprint density at radius 1 is 1.12 bits per heavy atom. The average Bonchev–Trinajstić information content (AvgIpc) is 2.15. The summed E-state index contributed by atoms with van der Waals surface area (Å²) in [5.74, 6) is 0.697. The van der Waals surface area contributed by atoms with Crippen molar-refractivity contribution >= 4 is 10.0 Å². The van der Waals surface area contributed by atoms with E-state index in [1.165, 1.54) is 0 Å². The highest BCUT2D eigenvalue weighted by molar-refractivity contribution is 7.90. The van der Waals surface area contributed by atoms with Gasteiger partial charge in [0.15, 0.2) is 0 Å². The molecule has 0 heterocycles. The van der Waals surface area contributed by atoms with E-state index in [1.807, 2.05) is 0 Å². The van der Waals surface area contributed by atoms with Crippen LogP contribution in [0.15, 0.2) is 0 Å². The molecule has 1 N–H and O–H groups in total. The van der Waals surface area contributed by atoms with E-state index in [4.69, 9.17) is 4.74 Å². The van der Waals surface area contributed by atoms with Gasteiger partial charge < -0.3 is 4.74 Å². The van der Waals surface area contributed by atoms with Crippen molar-refractivity contribution in [2.45, 2.75) is 45.8 Å². The number of sulfonamides is 1. The molecule has 0 amide bonds. The molecule has 0 unspecified atom stereocenters. The highest BCUT2D eigenvalue weighted by Crippen LogP contribution is 2.02. The standard InChI is InChI=1S/C11H25NO3S/c1-10(2)6-5-8-15-9-7-12-16(13,14)11(3)4/h10-12H,5-9H2,1-4H3. The Hall–Kier alpha value is -0.130. The summed E-state index contributed by atoms with van der Waals surface area (Å²) in [5, 5.41) is -0.381. The van der Waals surface area contributed by atoms with Gasteiger partial charge in [0.1, 0.15) is 0 Å². The second-order valence-corrected chi connectivity index (χ2v) is 6.96. The van der Waals surface area contributed by atoms with Crippen molar-refractivity contribution in [1.29, 1.82) is 0 Å². The van der Waals surface area contributed by atoms with E-state index in [9.17, 15) is 8.42 Å². The van der Waals surface area contributed by atoms with Crippen LogP contribution < -0.4 is 4.72 Å². The van der Waals surface area contributed by atoms with Crippen molar-refractivity contribution in [3.05, 3.63) is 0 Å². The maximum absolute atomic E-state index is 11.3. The summed E-state index contributed by atoms with van der Waals surface area (Å²) in [5.41, 5.74) is 0. The minimum atomic E-state index is -3.13. The van der Waals surface area contributed by atoms with Gasteiger partial charge in [0, 0.05) is 13.2 Å². The Kier molecular flexibility index (Phi) is 7.97. The number of hydrogen-bond acceptors (Lipinski definition) is 3. The maximum atomic E-state index is 11.3. The molecule has 0 saturated carbocycles. The molecular weight excluding hydrogens is 226 g/mol. The van der Waals surface area contributed by atoms with E-state index < -0.39 is 10.0 Å². The highest BCUT2D eigenvalue weighted by atomic mass is 32.2. The van der Waals surface area contributed by atoms with Crippen LogP contribution in [0.2, 0.25) is 0 Å². The Balaban J connectivity index is 3.41. The first-order valence-corrected chi connectivity index (χ1v) is 7.47. The molecule has 0 aromatic carbocycles. The van der Waals surface area contributed by atoms with Crippen LogP contribution in [-0.4, -0.2) is 33.4 Å². The zero-order chi connectivity index (χ0) is 12.6. The second kappa shape index (κ2) is 8.03. The maximum Gasteiger partial charge on any atom is 0.214 e. The Labute approximate surface area is 99.8 Å². The highest BCUT2D eigenvalue weighted by Gasteiger charge is 2.13. The van der Waals surface area contributed by atoms with Crippen LogP contribution in [0.3, 0.4) is 0 Å². The fraction of sp³-hybridized carbons (Fsp3) is 1.00. The number of ether oxygens (including phenoxy) is 1. The summed E-state index contributed by atoms with van der Waals surface area (Å²) >= 11 is 0. The number of rotatable bonds is 9. The molecule has 0 aromatic rings. The van der Waals surface area contributed by atoms with Gasteiger partial charge in [0.25, 0.3) is 0 Å². The van der Waals surface area contributed by atoms with Crippen LogP contribution in [-0.2, 0) is 14.8 Å². The lowest BCUT2D eigenvalue weighted by Gasteiger charge is -2.10. The predicted molar refractivity (Wildman–Crippen MR) is 66.9 cm³/mol. The molecule has 0 bridgehead atoms. The lowest BCUT2D eigenvalue weighted by atomic mass is 10.1. The predicted octanol–water partition coefficient (Wildman–Crippen LogP) is 1.77. The molecule has 0 spiro atoms. The first-order chi connectivity index (χ1) is 7.36. The molecule has 0 radical (unpaired) electrons. The summed E-state index contributed by atoms with van der Waals surface area (Å²) in [7, 11) is -3.13. The third-order valence-electron chi connectivity index (χ3n) is 2.24. The van der Waals surface area contributed by atoms with Gasteiger partial charge in [-0.05, 0) is 32.6 Å². The molecule has 0 atom stereocenters. The summed E-state index contributed by atoms with van der Waals surface area (Å²) < 4.78 is 30.5. The normalized spacial score (nSPS) is 12.6. The Morgan fingerprint density at radius 3 is 2.25 bits per heavy atom. The zero-order valence-corrected chi connectivity index (χ0v) is 11.6. The van der Waals surface area contributed by atoms with Gasteiger partial charge in [0.2, 0.25) is 10.0 Å². The average molecular weight is 251 g/mol. The van der Waals surface area contributed by atoms with Gasteiger partial charge in [0.05, 0.1) is 11.9 Å². The monoisotopic (exact) mass is 251 g/mol. The molecule has 16 heavy (non-hydrogen) atoms. The quantitative estimate of drug-likeness (QED) is 0.635. The Bertz CT molecular complexity index is 260. The second-order valence-electron chi connectivity index (χ2n) is 4.64. The molecule has 0 aliphatic rings. The first-order valence-electron chi connectivity index (χ1n) is 5.92. The summed E-state index contributed by atoms with van der Waals surface area (Å²) in [6.45, 7) is 9.19. The van der Waals surface area contributed by atoms with Gasteiger partial charge >= 0.3 is 0 Å². The number of hydrogen-bond donors (Lipinski definition) is 1. The molecule has 0 fully saturated rings. The van der Waals surface area contributed by atoms with E-state index in [0.717, 1.165) is 12.8 Å². The fourth-order valence-corrected chi connectivity index (χ4v) is 1.82. The molecule has 0 aliphatic heterocycles. The van der Waals surface area contributed by atoms with Crippen molar-refractivity contribution < 1.29 is 13.2 Å². The van der Waals surface area contributed by atoms with Gasteiger partial charge in [-0.3, -0.25) is 0 Å². The van der Waals surface area contributed by atoms with Gasteiger partial charge in [-0.2, -0.15) is 0 Å². The minimum absolute atomic E-state index is 0.363. The van der Waals surface area contributed by atoms with Crippen LogP contribution in [0.25, 0.3) is 0 Å².